The first-order valence-corrected chi connectivity index (χ1v) is 7.43. The molecule has 0 aliphatic carbocycles. The van der Waals surface area contributed by atoms with Crippen molar-refractivity contribution in [1.82, 2.24) is 9.96 Å². The molecule has 0 saturated carbocycles. The molecule has 2 aromatic rings. The molecule has 1 N–H and O–H groups in total. The van der Waals surface area contributed by atoms with Gasteiger partial charge in [0.1, 0.15) is 5.76 Å². The number of nitrogens with one attached hydrogen (secondary N) is 1. The van der Waals surface area contributed by atoms with Crippen LogP contribution in [-0.2, 0) is 16.2 Å². The van der Waals surface area contributed by atoms with Gasteiger partial charge in [-0.3, -0.25) is 14.4 Å². The molecule has 2 rings (SSSR count). The average Bonchev–Trinajstić information content (AvgIpc) is 3.11. The number of hydrogen-bond acceptors (Lipinski definition) is 5. The lowest BCUT2D eigenvalue weighted by Crippen LogP contribution is -2.31. The topological polar surface area (TPSA) is 75.0 Å². The maximum atomic E-state index is 12.1. The highest BCUT2D eigenvalue weighted by Crippen LogP contribution is 2.11. The molecule has 0 aliphatic rings. The molecule has 2 amide bonds. The zero-order valence-corrected chi connectivity index (χ0v) is 14.0. The van der Waals surface area contributed by atoms with Crippen LogP contribution in [0.1, 0.15) is 16.1 Å². The predicted octanol–water partition coefficient (Wildman–Crippen LogP) is 1.98. The van der Waals surface area contributed by atoms with Crippen molar-refractivity contribution in [3.8, 4) is 0 Å². The number of carbonyl (C=O) groups excluding carboxylic acids is 2. The van der Waals surface area contributed by atoms with Gasteiger partial charge in [-0.2, -0.15) is 0 Å². The number of nitrogens with zero attached hydrogens (tertiary/aromatic N) is 2. The summed E-state index contributed by atoms with van der Waals surface area (Å²) in [6, 6.07) is 10.5. The Morgan fingerprint density at radius 1 is 1.17 bits per heavy atom. The lowest BCUT2D eigenvalue weighted by molar-refractivity contribution is -0.128. The van der Waals surface area contributed by atoms with Gasteiger partial charge in [0, 0.05) is 25.3 Å². The zero-order valence-electron chi connectivity index (χ0n) is 14.0. The van der Waals surface area contributed by atoms with Crippen LogP contribution in [0.25, 0.3) is 0 Å². The number of carbonyl (C=O) groups is 2. The first kappa shape index (κ1) is 17.6. The van der Waals surface area contributed by atoms with E-state index in [-0.39, 0.29) is 18.4 Å². The number of amides is 2. The Labute approximate surface area is 140 Å². The summed E-state index contributed by atoms with van der Waals surface area (Å²) in [4.78, 5) is 30.4. The summed E-state index contributed by atoms with van der Waals surface area (Å²) in [6.45, 7) is 0.576. The molecule has 0 saturated heterocycles. The summed E-state index contributed by atoms with van der Waals surface area (Å²) in [5, 5.41) is 4.18. The van der Waals surface area contributed by atoms with Gasteiger partial charge in [0.2, 0.25) is 5.91 Å². The van der Waals surface area contributed by atoms with Crippen LogP contribution in [0.3, 0.4) is 0 Å². The van der Waals surface area contributed by atoms with Crippen molar-refractivity contribution >= 4 is 17.5 Å². The second kappa shape index (κ2) is 8.16. The van der Waals surface area contributed by atoms with Crippen LogP contribution in [0.5, 0.6) is 0 Å². The van der Waals surface area contributed by atoms with Gasteiger partial charge in [-0.05, 0) is 36.4 Å². The number of furan rings is 1. The van der Waals surface area contributed by atoms with E-state index in [2.05, 4.69) is 5.32 Å². The van der Waals surface area contributed by atoms with Crippen LogP contribution >= 0.6 is 0 Å². The van der Waals surface area contributed by atoms with Crippen LogP contribution in [0.15, 0.2) is 47.1 Å². The molecule has 0 spiro atoms. The highest BCUT2D eigenvalue weighted by molar-refractivity contribution is 5.93. The molecule has 0 atom stereocenters. The molecule has 0 aliphatic heterocycles. The maximum absolute atomic E-state index is 12.1. The Bertz CT molecular complexity index is 668. The standard InChI is InChI=1S/C17H21N3O4/c1-19(12-15-5-4-10-24-15)16(21)11-18-14-8-6-13(7-9-14)17(22)20(2)23-3/h4-10,18H,11-12H2,1-3H3. The molecule has 24 heavy (non-hydrogen) atoms. The molecule has 128 valence electrons. The minimum Gasteiger partial charge on any atom is -0.467 e. The molecule has 7 nitrogen and oxygen atoms in total. The van der Waals surface area contributed by atoms with E-state index in [1.807, 2.05) is 6.07 Å². The van der Waals surface area contributed by atoms with E-state index in [0.29, 0.717) is 12.1 Å². The smallest absolute Gasteiger partial charge is 0.277 e. The van der Waals surface area contributed by atoms with Crippen LogP contribution in [-0.4, -0.2) is 49.5 Å². The number of likely N-dealkylation sites (N-methyl/N-ethyl adjacent to an activating group) is 1. The number of anilines is 1. The van der Waals surface area contributed by atoms with Gasteiger partial charge in [0.05, 0.1) is 26.5 Å². The summed E-state index contributed by atoms with van der Waals surface area (Å²) in [6.07, 6.45) is 1.58. The Balaban J connectivity index is 1.85. The Hall–Kier alpha value is -2.80. The number of rotatable bonds is 7. The lowest BCUT2D eigenvalue weighted by Gasteiger charge is -2.17. The Morgan fingerprint density at radius 3 is 2.46 bits per heavy atom. The van der Waals surface area contributed by atoms with Crippen LogP contribution < -0.4 is 5.32 Å². The molecule has 1 aromatic heterocycles. The van der Waals surface area contributed by atoms with Gasteiger partial charge >= 0.3 is 0 Å². The van der Waals surface area contributed by atoms with E-state index in [0.717, 1.165) is 16.5 Å². The first-order valence-electron chi connectivity index (χ1n) is 7.43. The molecular formula is C17H21N3O4. The van der Waals surface area contributed by atoms with Crippen molar-refractivity contribution in [3.05, 3.63) is 54.0 Å². The molecular weight excluding hydrogens is 310 g/mol. The van der Waals surface area contributed by atoms with Gasteiger partial charge in [-0.1, -0.05) is 0 Å². The monoisotopic (exact) mass is 331 g/mol. The van der Waals surface area contributed by atoms with E-state index in [4.69, 9.17) is 9.25 Å². The normalized spacial score (nSPS) is 10.3. The Morgan fingerprint density at radius 2 is 1.88 bits per heavy atom. The Kier molecular flexibility index (Phi) is 5.97. The third kappa shape index (κ3) is 4.60. The first-order chi connectivity index (χ1) is 11.5. The average molecular weight is 331 g/mol. The minimum atomic E-state index is -0.238. The van der Waals surface area contributed by atoms with E-state index in [1.165, 1.54) is 7.11 Å². The minimum absolute atomic E-state index is 0.0642. The quantitative estimate of drug-likeness (QED) is 0.785. The highest BCUT2D eigenvalue weighted by Gasteiger charge is 2.12. The fourth-order valence-corrected chi connectivity index (χ4v) is 2.03. The SMILES string of the molecule is CON(C)C(=O)c1ccc(NCC(=O)N(C)Cc2ccco2)cc1. The predicted molar refractivity (Wildman–Crippen MR) is 89.2 cm³/mol. The molecule has 0 radical (unpaired) electrons. The maximum Gasteiger partial charge on any atom is 0.277 e. The number of hydrogen-bond donors (Lipinski definition) is 1. The van der Waals surface area contributed by atoms with Crippen molar-refractivity contribution in [2.24, 2.45) is 0 Å². The van der Waals surface area contributed by atoms with Gasteiger partial charge < -0.3 is 14.6 Å². The lowest BCUT2D eigenvalue weighted by atomic mass is 10.2. The summed E-state index contributed by atoms with van der Waals surface area (Å²) < 4.78 is 5.22. The van der Waals surface area contributed by atoms with E-state index in [9.17, 15) is 9.59 Å². The zero-order chi connectivity index (χ0) is 17.5. The second-order valence-corrected chi connectivity index (χ2v) is 5.25. The highest BCUT2D eigenvalue weighted by atomic mass is 16.7. The van der Waals surface area contributed by atoms with Gasteiger partial charge in [0.15, 0.2) is 0 Å². The van der Waals surface area contributed by atoms with E-state index >= 15 is 0 Å². The molecule has 7 heteroatoms. The molecule has 0 bridgehead atoms. The van der Waals surface area contributed by atoms with E-state index in [1.54, 1.807) is 55.6 Å². The molecule has 1 aromatic carbocycles. The van der Waals surface area contributed by atoms with Crippen LogP contribution in [0.4, 0.5) is 5.69 Å². The van der Waals surface area contributed by atoms with Crippen molar-refractivity contribution in [2.45, 2.75) is 6.54 Å². The van der Waals surface area contributed by atoms with Crippen LogP contribution in [0, 0.1) is 0 Å². The van der Waals surface area contributed by atoms with Crippen molar-refractivity contribution < 1.29 is 18.8 Å². The van der Waals surface area contributed by atoms with Gasteiger partial charge in [0.25, 0.3) is 5.91 Å². The summed E-state index contributed by atoms with van der Waals surface area (Å²) in [5.41, 5.74) is 1.26. The van der Waals surface area contributed by atoms with Crippen molar-refractivity contribution in [2.75, 3.05) is 33.1 Å². The largest absolute Gasteiger partial charge is 0.467 e. The molecule has 1 heterocycles. The fourth-order valence-electron chi connectivity index (χ4n) is 2.03. The third-order valence-electron chi connectivity index (χ3n) is 3.53. The molecule has 0 fully saturated rings. The fraction of sp³-hybridized carbons (Fsp3) is 0.294. The van der Waals surface area contributed by atoms with E-state index < -0.39 is 0 Å². The second-order valence-electron chi connectivity index (χ2n) is 5.25. The van der Waals surface area contributed by atoms with Crippen molar-refractivity contribution in [1.29, 1.82) is 0 Å². The number of hydroxylamine groups is 2. The number of benzene rings is 1. The summed E-state index contributed by atoms with van der Waals surface area (Å²) >= 11 is 0. The van der Waals surface area contributed by atoms with Crippen molar-refractivity contribution in [3.63, 3.8) is 0 Å². The molecule has 0 unspecified atom stereocenters. The van der Waals surface area contributed by atoms with Crippen LogP contribution in [0.2, 0.25) is 0 Å². The van der Waals surface area contributed by atoms with Gasteiger partial charge in [-0.15, -0.1) is 0 Å². The van der Waals surface area contributed by atoms with Gasteiger partial charge in [-0.25, -0.2) is 5.06 Å². The summed E-state index contributed by atoms with van der Waals surface area (Å²) in [7, 11) is 4.69. The summed E-state index contributed by atoms with van der Waals surface area (Å²) in [5.74, 6) is 0.431. The third-order valence-corrected chi connectivity index (χ3v) is 3.53.